The first-order valence-corrected chi connectivity index (χ1v) is 14.9. The molecule has 0 radical (unpaired) electrons. The number of oxazole rings is 1. The Labute approximate surface area is 246 Å². The molecule has 2 aliphatic rings. The number of carbonyl (C=O) groups excluding carboxylic acids is 1. The molecular formula is C31H32F3N5O2S. The molecule has 2 bridgehead atoms. The molecule has 220 valence electrons. The van der Waals surface area contributed by atoms with Gasteiger partial charge >= 0.3 is 6.18 Å². The number of alkyl halides is 3. The lowest BCUT2D eigenvalue weighted by atomic mass is 9.65. The topological polar surface area (TPSA) is 77.0 Å². The van der Waals surface area contributed by atoms with Crippen LogP contribution in [0.5, 0.6) is 0 Å². The predicted molar refractivity (Wildman–Crippen MR) is 152 cm³/mol. The lowest BCUT2D eigenvalue weighted by Crippen LogP contribution is -2.37. The van der Waals surface area contributed by atoms with E-state index in [0.29, 0.717) is 35.5 Å². The smallest absolute Gasteiger partial charge is 0.416 e. The van der Waals surface area contributed by atoms with Crippen LogP contribution in [0.15, 0.2) is 70.4 Å². The molecule has 2 atom stereocenters. The zero-order chi connectivity index (χ0) is 29.7. The Hall–Kier alpha value is -3.60. The lowest BCUT2D eigenvalue weighted by molar-refractivity contribution is -0.137. The molecule has 42 heavy (non-hydrogen) atoms. The number of aromatic nitrogens is 4. The van der Waals surface area contributed by atoms with Crippen LogP contribution >= 0.6 is 11.8 Å². The van der Waals surface area contributed by atoms with Gasteiger partial charge in [0.05, 0.1) is 17.0 Å². The largest absolute Gasteiger partial charge is 0.447 e. The van der Waals surface area contributed by atoms with E-state index in [0.717, 1.165) is 37.0 Å². The number of rotatable bonds is 7. The summed E-state index contributed by atoms with van der Waals surface area (Å²) in [5.41, 5.74) is 1.07. The molecule has 1 amide bonds. The van der Waals surface area contributed by atoms with Gasteiger partial charge in [-0.15, -0.1) is 10.2 Å². The van der Waals surface area contributed by atoms with Crippen LogP contribution in [-0.2, 0) is 18.3 Å². The van der Waals surface area contributed by atoms with Crippen molar-refractivity contribution in [2.75, 3.05) is 6.54 Å². The van der Waals surface area contributed by atoms with E-state index < -0.39 is 11.7 Å². The molecule has 2 fully saturated rings. The number of nitrogens with zero attached hydrogens (tertiary/aromatic N) is 5. The van der Waals surface area contributed by atoms with Gasteiger partial charge in [0.2, 0.25) is 5.89 Å². The Kier molecular flexibility index (Phi) is 7.19. The summed E-state index contributed by atoms with van der Waals surface area (Å²) in [7, 11) is 0. The van der Waals surface area contributed by atoms with Gasteiger partial charge in [-0.25, -0.2) is 4.98 Å². The third-order valence-corrected chi connectivity index (χ3v) is 9.02. The van der Waals surface area contributed by atoms with E-state index in [1.807, 2.05) is 35.2 Å². The van der Waals surface area contributed by atoms with Crippen molar-refractivity contribution in [1.29, 1.82) is 0 Å². The lowest BCUT2D eigenvalue weighted by Gasteiger charge is -2.39. The number of benzene rings is 2. The number of fused-ring (bicyclic) bond motifs is 2. The van der Waals surface area contributed by atoms with Crippen molar-refractivity contribution in [3.05, 3.63) is 89.4 Å². The summed E-state index contributed by atoms with van der Waals surface area (Å²) in [4.78, 5) is 19.9. The van der Waals surface area contributed by atoms with Crippen LogP contribution in [0.1, 0.15) is 73.4 Å². The second kappa shape index (κ2) is 10.6. The minimum atomic E-state index is -4.49. The average molecular weight is 596 g/mol. The second-order valence-corrected chi connectivity index (χ2v) is 13.4. The van der Waals surface area contributed by atoms with Gasteiger partial charge in [-0.05, 0) is 53.9 Å². The van der Waals surface area contributed by atoms with Crippen LogP contribution in [0.2, 0.25) is 0 Å². The highest BCUT2D eigenvalue weighted by molar-refractivity contribution is 7.98. The van der Waals surface area contributed by atoms with Crippen LogP contribution in [0.4, 0.5) is 13.2 Å². The molecule has 2 unspecified atom stereocenters. The Morgan fingerprint density at radius 2 is 1.86 bits per heavy atom. The number of likely N-dealkylation sites (tertiary alicyclic amines) is 1. The minimum absolute atomic E-state index is 0.107. The summed E-state index contributed by atoms with van der Waals surface area (Å²) in [6, 6.07) is 14.9. The number of amides is 1. The molecule has 1 aliphatic carbocycles. The first kappa shape index (κ1) is 28.5. The van der Waals surface area contributed by atoms with Crippen molar-refractivity contribution >= 4 is 17.7 Å². The zero-order valence-electron chi connectivity index (χ0n) is 23.7. The Balaban J connectivity index is 1.23. The van der Waals surface area contributed by atoms with Gasteiger partial charge in [0, 0.05) is 19.0 Å². The van der Waals surface area contributed by atoms with Gasteiger partial charge in [0.1, 0.15) is 12.1 Å². The number of hydrogen-bond acceptors (Lipinski definition) is 6. The fourth-order valence-corrected chi connectivity index (χ4v) is 7.64. The molecule has 1 saturated carbocycles. The van der Waals surface area contributed by atoms with E-state index in [4.69, 9.17) is 4.42 Å². The summed E-state index contributed by atoms with van der Waals surface area (Å²) in [5, 5.41) is 9.03. The van der Waals surface area contributed by atoms with Crippen LogP contribution in [0, 0.1) is 10.8 Å². The first-order chi connectivity index (χ1) is 19.9. The van der Waals surface area contributed by atoms with Crippen molar-refractivity contribution in [2.24, 2.45) is 10.8 Å². The molecule has 6 rings (SSSR count). The standard InChI is InChI=1S/C31H32F3N5O2S/c1-29(2)14-23-15-30(3,18-29)19-38(23)27(40)24-16-41-26(35-24)17-42-28-37-36-25(12-20-8-5-4-6-9-20)39(28)22-11-7-10-21(13-22)31(32,33)34/h4-11,13,16,23H,12,14-15,17-19H2,1-3H3. The quantitative estimate of drug-likeness (QED) is 0.210. The van der Waals surface area contributed by atoms with Crippen LogP contribution in [0.25, 0.3) is 5.69 Å². The van der Waals surface area contributed by atoms with E-state index in [1.165, 1.54) is 24.1 Å². The van der Waals surface area contributed by atoms with Gasteiger partial charge in [-0.2, -0.15) is 13.2 Å². The highest BCUT2D eigenvalue weighted by Gasteiger charge is 2.51. The van der Waals surface area contributed by atoms with Crippen molar-refractivity contribution in [2.45, 2.75) is 69.6 Å². The summed E-state index contributed by atoms with van der Waals surface area (Å²) >= 11 is 1.24. The molecule has 11 heteroatoms. The predicted octanol–water partition coefficient (Wildman–Crippen LogP) is 7.20. The van der Waals surface area contributed by atoms with E-state index in [2.05, 4.69) is 36.0 Å². The average Bonchev–Trinajstić information content (AvgIpc) is 3.62. The van der Waals surface area contributed by atoms with E-state index in [-0.39, 0.29) is 34.2 Å². The Bertz CT molecular complexity index is 1600. The molecule has 2 aromatic carbocycles. The minimum Gasteiger partial charge on any atom is -0.447 e. The van der Waals surface area contributed by atoms with Crippen molar-refractivity contribution in [3.8, 4) is 5.69 Å². The van der Waals surface area contributed by atoms with E-state index in [1.54, 1.807) is 10.6 Å². The molecule has 2 aromatic heterocycles. The van der Waals surface area contributed by atoms with Gasteiger partial charge in [0.25, 0.3) is 5.91 Å². The van der Waals surface area contributed by atoms with E-state index >= 15 is 0 Å². The van der Waals surface area contributed by atoms with Gasteiger partial charge in [-0.1, -0.05) is 68.9 Å². The van der Waals surface area contributed by atoms with Crippen molar-refractivity contribution in [3.63, 3.8) is 0 Å². The molecular weight excluding hydrogens is 563 g/mol. The summed E-state index contributed by atoms with van der Waals surface area (Å²) in [6.45, 7) is 7.49. The maximum absolute atomic E-state index is 13.5. The van der Waals surface area contributed by atoms with Crippen molar-refractivity contribution in [1.82, 2.24) is 24.6 Å². The Morgan fingerprint density at radius 1 is 1.07 bits per heavy atom. The van der Waals surface area contributed by atoms with Crippen LogP contribution in [0.3, 0.4) is 0 Å². The van der Waals surface area contributed by atoms with Crippen molar-refractivity contribution < 1.29 is 22.4 Å². The fourth-order valence-electron chi connectivity index (χ4n) is 6.81. The molecule has 3 heterocycles. The summed E-state index contributed by atoms with van der Waals surface area (Å²) in [5.74, 6) is 0.936. The molecule has 7 nitrogen and oxygen atoms in total. The Morgan fingerprint density at radius 3 is 2.62 bits per heavy atom. The fraction of sp³-hybridized carbons (Fsp3) is 0.419. The molecule has 4 aromatic rings. The summed E-state index contributed by atoms with van der Waals surface area (Å²) < 4.78 is 47.9. The number of hydrogen-bond donors (Lipinski definition) is 0. The normalized spacial score (nSPS) is 21.6. The van der Waals surface area contributed by atoms with Gasteiger partial charge < -0.3 is 9.32 Å². The maximum Gasteiger partial charge on any atom is 0.416 e. The molecule has 0 spiro atoms. The third kappa shape index (κ3) is 5.84. The van der Waals surface area contributed by atoms with Gasteiger partial charge in [-0.3, -0.25) is 9.36 Å². The highest BCUT2D eigenvalue weighted by Crippen LogP contribution is 2.52. The first-order valence-electron chi connectivity index (χ1n) is 13.9. The van der Waals surface area contributed by atoms with E-state index in [9.17, 15) is 18.0 Å². The molecule has 0 N–H and O–H groups in total. The van der Waals surface area contributed by atoms with Crippen LogP contribution in [-0.4, -0.2) is 43.1 Å². The maximum atomic E-state index is 13.5. The monoisotopic (exact) mass is 595 g/mol. The summed E-state index contributed by atoms with van der Waals surface area (Å²) in [6.07, 6.45) is 0.338. The number of thioether (sulfide) groups is 1. The van der Waals surface area contributed by atoms with Crippen LogP contribution < -0.4 is 0 Å². The molecule has 1 saturated heterocycles. The van der Waals surface area contributed by atoms with Gasteiger partial charge in [0.15, 0.2) is 10.9 Å². The zero-order valence-corrected chi connectivity index (χ0v) is 24.5. The second-order valence-electron chi connectivity index (χ2n) is 12.5. The SMILES string of the molecule is CC1(C)CC2CC(C)(CN2C(=O)c2coc(CSc3nnc(Cc4ccccc4)n3-c3cccc(C(F)(F)F)c3)n2)C1. The third-order valence-electron chi connectivity index (χ3n) is 8.11. The highest BCUT2D eigenvalue weighted by atomic mass is 32.2. The molecule has 1 aliphatic heterocycles. The number of carbonyl (C=O) groups is 1. The number of halogens is 3.